The zero-order chi connectivity index (χ0) is 25.4. The normalized spacial score (nSPS) is 12.3. The van der Waals surface area contributed by atoms with Gasteiger partial charge in [-0.1, -0.05) is 24.3 Å². The molecule has 1 amide bonds. The molecule has 1 heterocycles. The predicted molar refractivity (Wildman–Crippen MR) is 144 cm³/mol. The van der Waals surface area contributed by atoms with E-state index in [0.717, 1.165) is 46.5 Å². The number of hydrogen-bond acceptors (Lipinski definition) is 5. The number of alkyl halides is 1. The molecule has 1 unspecified atom stereocenters. The minimum atomic E-state index is -0.640. The lowest BCUT2D eigenvalue weighted by molar-refractivity contribution is -0.140. The fraction of sp³-hybridized carbons (Fsp3) is 0.429. The van der Waals surface area contributed by atoms with Gasteiger partial charge in [-0.05, 0) is 51.8 Å². The van der Waals surface area contributed by atoms with Crippen molar-refractivity contribution in [3.8, 4) is 11.5 Å². The Labute approximate surface area is 213 Å². The average molecular weight is 498 g/mol. The van der Waals surface area contributed by atoms with E-state index in [9.17, 15) is 4.79 Å². The van der Waals surface area contributed by atoms with Gasteiger partial charge in [0.05, 0.1) is 30.8 Å². The number of fused-ring (bicyclic) bond motifs is 1. The predicted octanol–water partition coefficient (Wildman–Crippen LogP) is 6.13. The maximum Gasteiger partial charge on any atom is 0.229 e. The van der Waals surface area contributed by atoms with Crippen LogP contribution >= 0.6 is 11.6 Å². The van der Waals surface area contributed by atoms with Gasteiger partial charge in [-0.3, -0.25) is 9.78 Å². The number of rotatable bonds is 12. The Morgan fingerprint density at radius 2 is 1.91 bits per heavy atom. The van der Waals surface area contributed by atoms with Crippen molar-refractivity contribution in [1.29, 1.82) is 0 Å². The minimum absolute atomic E-state index is 0.0435. The van der Waals surface area contributed by atoms with Crippen molar-refractivity contribution in [2.75, 3.05) is 32.0 Å². The number of benzene rings is 2. The molecule has 7 heteroatoms. The summed E-state index contributed by atoms with van der Waals surface area (Å²) in [7, 11) is 3.32. The molecule has 0 fully saturated rings. The number of amides is 1. The molecule has 0 aliphatic carbocycles. The molecular formula is C28H36ClN3O3. The largest absolute Gasteiger partial charge is 0.497 e. The zero-order valence-corrected chi connectivity index (χ0v) is 22.1. The van der Waals surface area contributed by atoms with Crippen LogP contribution in [0.3, 0.4) is 0 Å². The number of carbonyl (C=O) groups is 1. The topological polar surface area (TPSA) is 63.7 Å². The number of anilines is 1. The average Bonchev–Trinajstić information content (AvgIpc) is 2.87. The van der Waals surface area contributed by atoms with Crippen LogP contribution in [0.15, 0.2) is 54.7 Å². The van der Waals surface area contributed by atoms with Crippen molar-refractivity contribution in [3.63, 3.8) is 0 Å². The third kappa shape index (κ3) is 6.79. The van der Waals surface area contributed by atoms with Gasteiger partial charge >= 0.3 is 0 Å². The van der Waals surface area contributed by atoms with Gasteiger partial charge in [-0.2, -0.15) is 0 Å². The van der Waals surface area contributed by atoms with Crippen LogP contribution in [0.1, 0.15) is 39.2 Å². The minimum Gasteiger partial charge on any atom is -0.497 e. The van der Waals surface area contributed by atoms with E-state index in [4.69, 9.17) is 21.1 Å². The number of carbonyl (C=O) groups excluding carboxylic acids is 1. The van der Waals surface area contributed by atoms with Gasteiger partial charge in [-0.25, -0.2) is 0 Å². The van der Waals surface area contributed by atoms with Gasteiger partial charge in [0.2, 0.25) is 5.91 Å². The highest BCUT2D eigenvalue weighted by atomic mass is 35.5. The van der Waals surface area contributed by atoms with Gasteiger partial charge < -0.3 is 19.7 Å². The van der Waals surface area contributed by atoms with Gasteiger partial charge in [0.25, 0.3) is 0 Å². The maximum atomic E-state index is 13.3. The van der Waals surface area contributed by atoms with E-state index in [-0.39, 0.29) is 17.8 Å². The fourth-order valence-corrected chi connectivity index (χ4v) is 4.21. The lowest BCUT2D eigenvalue weighted by Crippen LogP contribution is -2.42. The van der Waals surface area contributed by atoms with Crippen molar-refractivity contribution in [2.45, 2.75) is 46.2 Å². The molecule has 0 aliphatic heterocycles. The first kappa shape index (κ1) is 26.6. The molecule has 35 heavy (non-hydrogen) atoms. The molecule has 0 bridgehead atoms. The Bertz CT molecular complexity index is 1140. The molecule has 0 aliphatic rings. The van der Waals surface area contributed by atoms with Crippen molar-refractivity contribution in [3.05, 3.63) is 60.3 Å². The Kier molecular flexibility index (Phi) is 9.21. The Morgan fingerprint density at radius 3 is 2.63 bits per heavy atom. The lowest BCUT2D eigenvalue weighted by atomic mass is 9.93. The van der Waals surface area contributed by atoms with Crippen LogP contribution in [-0.2, 0) is 11.3 Å². The number of halogens is 1. The first-order valence-electron chi connectivity index (χ1n) is 12.0. The summed E-state index contributed by atoms with van der Waals surface area (Å²) < 4.78 is 11.0. The summed E-state index contributed by atoms with van der Waals surface area (Å²) in [6, 6.07) is 15.9. The molecule has 1 N–H and O–H groups in total. The first-order valence-corrected chi connectivity index (χ1v) is 12.5. The standard InChI is InChI=1S/C28H36ClN3O3/c1-20(31-24-17-23(34-4)16-21-12-8-14-30-26(21)24)10-9-15-32(27(33)28(2,3)19-29)18-22-11-6-7-13-25(22)35-5/h6-8,11-14,16-17,20,31H,9-10,15,18-19H2,1-5H3. The molecule has 6 nitrogen and oxygen atoms in total. The number of pyridine rings is 1. The quantitative estimate of drug-likeness (QED) is 0.305. The Balaban J connectivity index is 1.70. The molecule has 0 saturated carbocycles. The van der Waals surface area contributed by atoms with E-state index >= 15 is 0 Å². The second-order valence-electron chi connectivity index (χ2n) is 9.49. The van der Waals surface area contributed by atoms with Crippen molar-refractivity contribution in [2.24, 2.45) is 5.41 Å². The van der Waals surface area contributed by atoms with E-state index in [0.29, 0.717) is 13.1 Å². The van der Waals surface area contributed by atoms with Crippen LogP contribution in [0.5, 0.6) is 11.5 Å². The summed E-state index contributed by atoms with van der Waals surface area (Å²) in [6.45, 7) is 7.03. The van der Waals surface area contributed by atoms with Crippen LogP contribution < -0.4 is 14.8 Å². The molecular weight excluding hydrogens is 462 g/mol. The number of nitrogens with zero attached hydrogens (tertiary/aromatic N) is 2. The number of ether oxygens (including phenoxy) is 2. The summed E-state index contributed by atoms with van der Waals surface area (Å²) in [4.78, 5) is 19.8. The Hall–Kier alpha value is -2.99. The van der Waals surface area contributed by atoms with E-state index < -0.39 is 5.41 Å². The van der Waals surface area contributed by atoms with Gasteiger partial charge in [0.15, 0.2) is 0 Å². The van der Waals surface area contributed by atoms with Gasteiger partial charge in [0, 0.05) is 48.2 Å². The van der Waals surface area contributed by atoms with Crippen LogP contribution in [0.25, 0.3) is 10.9 Å². The van der Waals surface area contributed by atoms with Crippen molar-refractivity contribution >= 4 is 34.1 Å². The molecule has 3 aromatic rings. The zero-order valence-electron chi connectivity index (χ0n) is 21.3. The highest BCUT2D eigenvalue weighted by Gasteiger charge is 2.31. The van der Waals surface area contributed by atoms with Crippen LogP contribution in [-0.4, -0.2) is 48.5 Å². The molecule has 1 aromatic heterocycles. The van der Waals surface area contributed by atoms with Crippen LogP contribution in [0.4, 0.5) is 5.69 Å². The summed E-state index contributed by atoms with van der Waals surface area (Å²) in [6.07, 6.45) is 3.51. The highest BCUT2D eigenvalue weighted by molar-refractivity contribution is 6.19. The van der Waals surface area contributed by atoms with E-state index in [1.165, 1.54) is 0 Å². The lowest BCUT2D eigenvalue weighted by Gasteiger charge is -2.31. The molecule has 0 radical (unpaired) electrons. The molecule has 0 saturated heterocycles. The summed E-state index contributed by atoms with van der Waals surface area (Å²) in [5.74, 6) is 1.88. The molecule has 2 aromatic carbocycles. The second-order valence-corrected chi connectivity index (χ2v) is 9.76. The fourth-order valence-electron chi connectivity index (χ4n) is 4.10. The van der Waals surface area contributed by atoms with E-state index in [1.54, 1.807) is 20.4 Å². The smallest absolute Gasteiger partial charge is 0.229 e. The molecule has 1 atom stereocenters. The van der Waals surface area contributed by atoms with Crippen LogP contribution in [0.2, 0.25) is 0 Å². The van der Waals surface area contributed by atoms with E-state index in [1.807, 2.05) is 67.3 Å². The number of nitrogens with one attached hydrogen (secondary N) is 1. The third-order valence-electron chi connectivity index (χ3n) is 6.14. The number of aromatic nitrogens is 1. The van der Waals surface area contributed by atoms with Crippen molar-refractivity contribution < 1.29 is 14.3 Å². The summed E-state index contributed by atoms with van der Waals surface area (Å²) in [5.41, 5.74) is 2.20. The van der Waals surface area contributed by atoms with Gasteiger partial charge in [0.1, 0.15) is 11.5 Å². The summed E-state index contributed by atoms with van der Waals surface area (Å²) in [5, 5.41) is 4.61. The number of methoxy groups -OCH3 is 2. The Morgan fingerprint density at radius 1 is 1.14 bits per heavy atom. The van der Waals surface area contributed by atoms with Crippen molar-refractivity contribution in [1.82, 2.24) is 9.88 Å². The maximum absolute atomic E-state index is 13.3. The number of para-hydroxylation sites is 1. The van der Waals surface area contributed by atoms with E-state index in [2.05, 4.69) is 17.2 Å². The number of hydrogen-bond donors (Lipinski definition) is 1. The second kappa shape index (κ2) is 12.1. The summed E-state index contributed by atoms with van der Waals surface area (Å²) >= 11 is 6.14. The third-order valence-corrected chi connectivity index (χ3v) is 6.80. The molecule has 0 spiro atoms. The van der Waals surface area contributed by atoms with Gasteiger partial charge in [-0.15, -0.1) is 11.6 Å². The SMILES string of the molecule is COc1cc(NC(C)CCCN(Cc2ccccc2OC)C(=O)C(C)(C)CCl)c2ncccc2c1. The van der Waals surface area contributed by atoms with Crippen LogP contribution in [0, 0.1) is 5.41 Å². The molecule has 188 valence electrons. The molecule has 3 rings (SSSR count). The first-order chi connectivity index (χ1) is 16.8. The highest BCUT2D eigenvalue weighted by Crippen LogP contribution is 2.29. The monoisotopic (exact) mass is 497 g/mol.